The maximum atomic E-state index is 12.8. The van der Waals surface area contributed by atoms with Gasteiger partial charge in [0, 0.05) is 19.3 Å². The van der Waals surface area contributed by atoms with Gasteiger partial charge in [0.2, 0.25) is 0 Å². The van der Waals surface area contributed by atoms with Gasteiger partial charge < -0.3 is 19.2 Å². The van der Waals surface area contributed by atoms with Gasteiger partial charge in [-0.25, -0.2) is 9.78 Å². The average molecular weight is 533 g/mol. The summed E-state index contributed by atoms with van der Waals surface area (Å²) in [5, 5.41) is 12.8. The monoisotopic (exact) mass is 531 g/mol. The molecule has 1 unspecified atom stereocenters. The van der Waals surface area contributed by atoms with Crippen LogP contribution in [0.15, 0.2) is 46.1 Å². The molecule has 1 aromatic carbocycles. The molecule has 0 spiro atoms. The average Bonchev–Trinajstić information content (AvgIpc) is 3.12. The lowest BCUT2D eigenvalue weighted by atomic mass is 9.99. The molecule has 33 heavy (non-hydrogen) atoms. The Morgan fingerprint density at radius 2 is 2.00 bits per heavy atom. The summed E-state index contributed by atoms with van der Waals surface area (Å²) in [6.07, 6.45) is 1.52. The first kappa shape index (κ1) is 24.6. The second-order valence-electron chi connectivity index (χ2n) is 7.60. The fourth-order valence-electron chi connectivity index (χ4n) is 3.52. The number of aromatic nitrogens is 3. The summed E-state index contributed by atoms with van der Waals surface area (Å²) in [7, 11) is 1.61. The van der Waals surface area contributed by atoms with E-state index < -0.39 is 12.0 Å². The number of carbonyl (C=O) groups excluding carboxylic acids is 1. The first-order valence-corrected chi connectivity index (χ1v) is 11.4. The molecule has 0 amide bonds. The number of benzene rings is 1. The number of rotatable bonds is 7. The van der Waals surface area contributed by atoms with Gasteiger partial charge >= 0.3 is 5.97 Å². The van der Waals surface area contributed by atoms with Crippen LogP contribution in [0, 0.1) is 11.3 Å². The number of esters is 1. The Balaban J connectivity index is 2.29. The van der Waals surface area contributed by atoms with Crippen molar-refractivity contribution in [1.29, 1.82) is 5.26 Å². The first-order valence-electron chi connectivity index (χ1n) is 10.2. The zero-order valence-electron chi connectivity index (χ0n) is 18.6. The summed E-state index contributed by atoms with van der Waals surface area (Å²) < 4.78 is 8.95. The summed E-state index contributed by atoms with van der Waals surface area (Å²) in [6, 6.07) is 9.77. The molecule has 0 aliphatic heterocycles. The lowest BCUT2D eigenvalue weighted by Crippen LogP contribution is -2.26. The molecule has 0 radical (unpaired) electrons. The van der Waals surface area contributed by atoms with E-state index >= 15 is 0 Å². The van der Waals surface area contributed by atoms with Crippen LogP contribution in [-0.4, -0.2) is 26.7 Å². The molecule has 1 atom stereocenters. The van der Waals surface area contributed by atoms with Gasteiger partial charge in [0.05, 0.1) is 35.0 Å². The van der Waals surface area contributed by atoms with E-state index in [1.165, 1.54) is 16.8 Å². The van der Waals surface area contributed by atoms with Crippen LogP contribution in [0.4, 0.5) is 5.69 Å². The zero-order valence-corrected chi connectivity index (χ0v) is 20.9. The van der Waals surface area contributed by atoms with Crippen LogP contribution < -0.4 is 10.9 Å². The van der Waals surface area contributed by atoms with Crippen molar-refractivity contribution in [3.05, 3.63) is 79.2 Å². The quantitative estimate of drug-likeness (QED) is 0.437. The highest BCUT2D eigenvalue weighted by Gasteiger charge is 2.31. The summed E-state index contributed by atoms with van der Waals surface area (Å²) in [6.45, 7) is 5.82. The van der Waals surface area contributed by atoms with Crippen LogP contribution in [-0.2, 0) is 11.8 Å². The van der Waals surface area contributed by atoms with Crippen LogP contribution >= 0.6 is 27.5 Å². The Kier molecular flexibility index (Phi) is 7.61. The number of halogens is 2. The van der Waals surface area contributed by atoms with Crippen LogP contribution in [0.5, 0.6) is 0 Å². The van der Waals surface area contributed by atoms with Gasteiger partial charge in [0.25, 0.3) is 5.56 Å². The molecule has 8 nitrogen and oxygen atoms in total. The van der Waals surface area contributed by atoms with E-state index in [1.807, 2.05) is 18.4 Å². The number of hydrogen-bond acceptors (Lipinski definition) is 6. The number of aryl methyl sites for hydroxylation is 1. The topological polar surface area (TPSA) is 102 Å². The molecule has 0 bridgehead atoms. The Labute approximate surface area is 204 Å². The smallest absolute Gasteiger partial charge is 0.358 e. The number of nitrogens with zero attached hydrogens (tertiary/aromatic N) is 4. The molecule has 0 aliphatic rings. The van der Waals surface area contributed by atoms with Crippen molar-refractivity contribution in [2.45, 2.75) is 32.9 Å². The van der Waals surface area contributed by atoms with E-state index in [1.54, 1.807) is 38.2 Å². The van der Waals surface area contributed by atoms with Crippen molar-refractivity contribution in [2.24, 2.45) is 7.05 Å². The SMILES string of the molecule is CCOC(=O)c1nc(Br)n(C(C)C)c1C(Nc1cc(Cl)cn(C)c1=O)c1ccc(C#N)cc1. The third-order valence-electron chi connectivity index (χ3n) is 4.99. The molecule has 2 heterocycles. The molecular weight excluding hydrogens is 510 g/mol. The zero-order chi connectivity index (χ0) is 24.3. The van der Waals surface area contributed by atoms with Crippen LogP contribution in [0.3, 0.4) is 0 Å². The minimum Gasteiger partial charge on any atom is -0.461 e. The molecule has 2 aromatic heterocycles. The van der Waals surface area contributed by atoms with Crippen LogP contribution in [0.1, 0.15) is 60.2 Å². The number of ether oxygens (including phenoxy) is 1. The van der Waals surface area contributed by atoms with Crippen molar-refractivity contribution >= 4 is 39.2 Å². The van der Waals surface area contributed by atoms with Gasteiger partial charge in [-0.3, -0.25) is 4.79 Å². The van der Waals surface area contributed by atoms with Gasteiger partial charge in [-0.05, 0) is 60.5 Å². The molecule has 1 N–H and O–H groups in total. The molecule has 0 saturated heterocycles. The molecular formula is C23H23BrClN5O3. The molecule has 172 valence electrons. The van der Waals surface area contributed by atoms with E-state index in [-0.39, 0.29) is 29.6 Å². The summed E-state index contributed by atoms with van der Waals surface area (Å²) in [5.41, 5.74) is 1.81. The minimum absolute atomic E-state index is 0.0741. The number of anilines is 1. The first-order chi connectivity index (χ1) is 15.7. The Bertz CT molecular complexity index is 1270. The van der Waals surface area contributed by atoms with Crippen molar-refractivity contribution < 1.29 is 9.53 Å². The molecule has 0 aliphatic carbocycles. The van der Waals surface area contributed by atoms with Gasteiger partial charge in [-0.1, -0.05) is 23.7 Å². The standard InChI is InChI=1S/C23H23BrClN5O3/c1-5-33-22(32)19-20(30(13(2)3)23(24)28-19)18(15-8-6-14(11-26)7-9-15)27-17-10-16(25)12-29(4)21(17)31/h6-10,12-13,18,27H,5H2,1-4H3. The maximum Gasteiger partial charge on any atom is 0.358 e. The number of carbonyl (C=O) groups is 1. The largest absolute Gasteiger partial charge is 0.461 e. The van der Waals surface area contributed by atoms with E-state index in [0.717, 1.165) is 5.56 Å². The molecule has 0 fully saturated rings. The number of nitriles is 1. The number of nitrogens with one attached hydrogen (secondary N) is 1. The van der Waals surface area contributed by atoms with Gasteiger partial charge in [-0.15, -0.1) is 0 Å². The van der Waals surface area contributed by atoms with E-state index in [2.05, 4.69) is 32.3 Å². The predicted octanol–water partition coefficient (Wildman–Crippen LogP) is 4.83. The van der Waals surface area contributed by atoms with Gasteiger partial charge in [-0.2, -0.15) is 5.26 Å². The van der Waals surface area contributed by atoms with Gasteiger partial charge in [0.15, 0.2) is 10.4 Å². The summed E-state index contributed by atoms with van der Waals surface area (Å²) in [4.78, 5) is 30.1. The van der Waals surface area contributed by atoms with E-state index in [9.17, 15) is 14.9 Å². The van der Waals surface area contributed by atoms with Crippen LogP contribution in [0.25, 0.3) is 0 Å². The predicted molar refractivity (Wildman–Crippen MR) is 130 cm³/mol. The lowest BCUT2D eigenvalue weighted by molar-refractivity contribution is 0.0518. The second-order valence-corrected chi connectivity index (χ2v) is 8.74. The maximum absolute atomic E-state index is 12.8. The summed E-state index contributed by atoms with van der Waals surface area (Å²) in [5.74, 6) is -0.577. The van der Waals surface area contributed by atoms with E-state index in [0.29, 0.717) is 21.0 Å². The third kappa shape index (κ3) is 5.13. The van der Waals surface area contributed by atoms with Crippen LogP contribution in [0.2, 0.25) is 5.02 Å². The molecule has 0 saturated carbocycles. The van der Waals surface area contributed by atoms with Crippen molar-refractivity contribution in [3.8, 4) is 6.07 Å². The number of pyridine rings is 1. The Hall–Kier alpha value is -3.09. The minimum atomic E-state index is -0.676. The van der Waals surface area contributed by atoms with Crippen molar-refractivity contribution in [1.82, 2.24) is 14.1 Å². The molecule has 10 heteroatoms. The number of imidazole rings is 1. The highest BCUT2D eigenvalue weighted by atomic mass is 79.9. The third-order valence-corrected chi connectivity index (χ3v) is 5.75. The van der Waals surface area contributed by atoms with E-state index in [4.69, 9.17) is 16.3 Å². The fraction of sp³-hybridized carbons (Fsp3) is 0.304. The highest BCUT2D eigenvalue weighted by molar-refractivity contribution is 9.10. The van der Waals surface area contributed by atoms with Crippen molar-refractivity contribution in [3.63, 3.8) is 0 Å². The molecule has 3 rings (SSSR count). The Morgan fingerprint density at radius 1 is 1.33 bits per heavy atom. The summed E-state index contributed by atoms with van der Waals surface area (Å²) >= 11 is 9.67. The fourth-order valence-corrected chi connectivity index (χ4v) is 4.56. The normalized spacial score (nSPS) is 11.8. The van der Waals surface area contributed by atoms with Gasteiger partial charge in [0.1, 0.15) is 5.69 Å². The Morgan fingerprint density at radius 3 is 2.58 bits per heavy atom. The highest BCUT2D eigenvalue weighted by Crippen LogP contribution is 2.34. The number of hydrogen-bond donors (Lipinski definition) is 1. The lowest BCUT2D eigenvalue weighted by Gasteiger charge is -2.25. The molecule has 3 aromatic rings. The van der Waals surface area contributed by atoms with Crippen molar-refractivity contribution in [2.75, 3.05) is 11.9 Å². The second kappa shape index (κ2) is 10.2.